The number of alkyl halides is 2. The van der Waals surface area contributed by atoms with Crippen LogP contribution in [0.2, 0.25) is 0 Å². The second-order valence-electron chi connectivity index (χ2n) is 2.72. The van der Waals surface area contributed by atoms with E-state index in [1.807, 2.05) is 0 Å². The number of hydrogen-bond acceptors (Lipinski definition) is 4. The smallest absolute Gasteiger partial charge is 0.258 e. The number of hydrogen-bond donors (Lipinski definition) is 0. The van der Waals surface area contributed by atoms with Crippen LogP contribution in [0.5, 0.6) is 0 Å². The highest BCUT2D eigenvalue weighted by Gasteiger charge is 2.28. The summed E-state index contributed by atoms with van der Waals surface area (Å²) in [5.74, 6) is -1.27. The summed E-state index contributed by atoms with van der Waals surface area (Å²) in [5, 5.41) is 18.9. The topological polar surface area (TPSA) is 79.8 Å². The molecule has 0 radical (unpaired) electrons. The fourth-order valence-electron chi connectivity index (χ4n) is 1.15. The molecular weight excluding hydrogens is 227 g/mol. The molecule has 0 aromatic carbocycles. The molecule has 0 aliphatic rings. The molecule has 0 N–H and O–H groups in total. The lowest BCUT2D eigenvalue weighted by Gasteiger charge is -2.04. The zero-order valence-corrected chi connectivity index (χ0v) is 7.65. The molecule has 8 heteroatoms. The van der Waals surface area contributed by atoms with Crippen molar-refractivity contribution in [2.45, 2.75) is 12.8 Å². The van der Waals surface area contributed by atoms with Crippen molar-refractivity contribution in [2.24, 2.45) is 0 Å². The molecule has 0 bridgehead atoms. The van der Waals surface area contributed by atoms with E-state index in [1.165, 1.54) is 6.07 Å². The number of halogens is 3. The SMILES string of the molecule is N#CCc1nc(F)cc(C(F)F)c1[N+](=O)[O-]. The average Bonchev–Trinajstić information content (AvgIpc) is 2.16. The Balaban J connectivity index is 3.48. The Labute approximate surface area is 87.3 Å². The normalized spacial score (nSPS) is 10.2. The van der Waals surface area contributed by atoms with Gasteiger partial charge in [-0.2, -0.15) is 9.65 Å². The van der Waals surface area contributed by atoms with Crippen molar-refractivity contribution in [1.82, 2.24) is 4.98 Å². The summed E-state index contributed by atoms with van der Waals surface area (Å²) in [6.07, 6.45) is -3.80. The fraction of sp³-hybridized carbons (Fsp3) is 0.250. The van der Waals surface area contributed by atoms with E-state index < -0.39 is 40.7 Å². The van der Waals surface area contributed by atoms with Crippen molar-refractivity contribution in [2.75, 3.05) is 0 Å². The maximum Gasteiger partial charge on any atom is 0.300 e. The van der Waals surface area contributed by atoms with Crippen molar-refractivity contribution in [3.63, 3.8) is 0 Å². The highest BCUT2D eigenvalue weighted by Crippen LogP contribution is 2.31. The van der Waals surface area contributed by atoms with E-state index in [4.69, 9.17) is 5.26 Å². The summed E-state index contributed by atoms with van der Waals surface area (Å²) in [6, 6.07) is 1.79. The van der Waals surface area contributed by atoms with Crippen molar-refractivity contribution in [1.29, 1.82) is 5.26 Å². The van der Waals surface area contributed by atoms with Crippen LogP contribution in [0, 0.1) is 27.4 Å². The van der Waals surface area contributed by atoms with Crippen LogP contribution in [0.3, 0.4) is 0 Å². The summed E-state index contributed by atoms with van der Waals surface area (Å²) < 4.78 is 37.6. The third-order valence-corrected chi connectivity index (χ3v) is 1.73. The van der Waals surface area contributed by atoms with Crippen LogP contribution >= 0.6 is 0 Å². The van der Waals surface area contributed by atoms with Crippen LogP contribution in [0.15, 0.2) is 6.07 Å². The third-order valence-electron chi connectivity index (χ3n) is 1.73. The van der Waals surface area contributed by atoms with Crippen molar-refractivity contribution < 1.29 is 18.1 Å². The maximum absolute atomic E-state index is 12.8. The van der Waals surface area contributed by atoms with Gasteiger partial charge < -0.3 is 0 Å². The molecule has 84 valence electrons. The molecular formula is C8H4F3N3O2. The van der Waals surface area contributed by atoms with Gasteiger partial charge in [0, 0.05) is 6.07 Å². The molecule has 0 aliphatic heterocycles. The number of nitrogens with zero attached hydrogens (tertiary/aromatic N) is 3. The molecule has 0 aliphatic carbocycles. The van der Waals surface area contributed by atoms with Gasteiger partial charge in [0.2, 0.25) is 5.95 Å². The Morgan fingerprint density at radius 3 is 2.69 bits per heavy atom. The Bertz CT molecular complexity index is 470. The summed E-state index contributed by atoms with van der Waals surface area (Å²) >= 11 is 0. The standard InChI is InChI=1S/C8H4F3N3O2/c9-6-3-4(8(10)11)7(14(15)16)5(13-6)1-2-12/h3,8H,1H2. The van der Waals surface area contributed by atoms with Gasteiger partial charge in [-0.15, -0.1) is 0 Å². The van der Waals surface area contributed by atoms with Crippen molar-refractivity contribution in [3.05, 3.63) is 33.4 Å². The Morgan fingerprint density at radius 1 is 1.62 bits per heavy atom. The first-order valence-corrected chi connectivity index (χ1v) is 3.96. The molecule has 0 fully saturated rings. The molecule has 0 atom stereocenters. The van der Waals surface area contributed by atoms with Gasteiger partial charge in [0.05, 0.1) is 17.4 Å². The van der Waals surface area contributed by atoms with Gasteiger partial charge in [0.15, 0.2) is 0 Å². The molecule has 0 saturated carbocycles. The zero-order valence-electron chi connectivity index (χ0n) is 7.65. The van der Waals surface area contributed by atoms with E-state index in [9.17, 15) is 23.3 Å². The molecule has 1 aromatic heterocycles. The number of rotatable bonds is 3. The molecule has 0 saturated heterocycles. The minimum absolute atomic E-state index is 0.295. The van der Waals surface area contributed by atoms with Gasteiger partial charge in [-0.25, -0.2) is 13.8 Å². The van der Waals surface area contributed by atoms with E-state index in [0.717, 1.165) is 0 Å². The van der Waals surface area contributed by atoms with Crippen LogP contribution < -0.4 is 0 Å². The van der Waals surface area contributed by atoms with E-state index in [1.54, 1.807) is 0 Å². The minimum atomic E-state index is -3.20. The van der Waals surface area contributed by atoms with Crippen molar-refractivity contribution >= 4 is 5.69 Å². The second-order valence-corrected chi connectivity index (χ2v) is 2.72. The number of nitriles is 1. The van der Waals surface area contributed by atoms with Crippen molar-refractivity contribution in [3.8, 4) is 6.07 Å². The monoisotopic (exact) mass is 231 g/mol. The first kappa shape index (κ1) is 11.9. The third kappa shape index (κ3) is 2.25. The van der Waals surface area contributed by atoms with E-state index in [-0.39, 0.29) is 0 Å². The molecule has 16 heavy (non-hydrogen) atoms. The second kappa shape index (κ2) is 4.57. The molecule has 1 aromatic rings. The van der Waals surface area contributed by atoms with Crippen LogP contribution in [0.4, 0.5) is 18.9 Å². The van der Waals surface area contributed by atoms with Gasteiger partial charge in [-0.3, -0.25) is 10.1 Å². The summed E-state index contributed by atoms with van der Waals surface area (Å²) in [4.78, 5) is 12.5. The van der Waals surface area contributed by atoms with E-state index >= 15 is 0 Å². The average molecular weight is 231 g/mol. The first-order valence-electron chi connectivity index (χ1n) is 3.96. The van der Waals surface area contributed by atoms with Crippen LogP contribution in [-0.4, -0.2) is 9.91 Å². The van der Waals surface area contributed by atoms with Gasteiger partial charge in [0.1, 0.15) is 11.3 Å². The highest BCUT2D eigenvalue weighted by molar-refractivity contribution is 5.45. The van der Waals surface area contributed by atoms with E-state index in [2.05, 4.69) is 4.98 Å². The Kier molecular flexibility index (Phi) is 3.40. The summed E-state index contributed by atoms with van der Waals surface area (Å²) in [6.45, 7) is 0. The Hall–Kier alpha value is -2.17. The largest absolute Gasteiger partial charge is 0.300 e. The predicted octanol–water partition coefficient (Wildman–Crippen LogP) is 2.13. The van der Waals surface area contributed by atoms with Crippen LogP contribution in [0.1, 0.15) is 17.7 Å². The van der Waals surface area contributed by atoms with Crippen LogP contribution in [0.25, 0.3) is 0 Å². The molecule has 1 rings (SSSR count). The molecule has 5 nitrogen and oxygen atoms in total. The minimum Gasteiger partial charge on any atom is -0.258 e. The highest BCUT2D eigenvalue weighted by atomic mass is 19.3. The lowest BCUT2D eigenvalue weighted by molar-refractivity contribution is -0.387. The molecule has 0 amide bonds. The number of nitro groups is 1. The van der Waals surface area contributed by atoms with Gasteiger partial charge in [-0.05, 0) is 0 Å². The van der Waals surface area contributed by atoms with E-state index in [0.29, 0.717) is 6.07 Å². The number of pyridine rings is 1. The quantitative estimate of drug-likeness (QED) is 0.453. The first-order chi connectivity index (χ1) is 7.47. The van der Waals surface area contributed by atoms with Gasteiger partial charge in [-0.1, -0.05) is 0 Å². The Morgan fingerprint density at radius 2 is 2.25 bits per heavy atom. The van der Waals surface area contributed by atoms with Crippen LogP contribution in [-0.2, 0) is 6.42 Å². The maximum atomic E-state index is 12.8. The number of aromatic nitrogens is 1. The van der Waals surface area contributed by atoms with Gasteiger partial charge in [0.25, 0.3) is 6.43 Å². The predicted molar refractivity (Wildman–Crippen MR) is 45.1 cm³/mol. The summed E-state index contributed by atoms with van der Waals surface area (Å²) in [5.41, 5.74) is -2.66. The molecule has 0 unspecified atom stereocenters. The van der Waals surface area contributed by atoms with Gasteiger partial charge >= 0.3 is 5.69 Å². The summed E-state index contributed by atoms with van der Waals surface area (Å²) in [7, 11) is 0. The zero-order chi connectivity index (χ0) is 12.3. The lowest BCUT2D eigenvalue weighted by atomic mass is 10.1. The molecule has 1 heterocycles. The molecule has 0 spiro atoms. The lowest BCUT2D eigenvalue weighted by Crippen LogP contribution is -2.05. The fourth-order valence-corrected chi connectivity index (χ4v) is 1.15.